The number of nitrogen functional groups attached to an aromatic ring is 1. The Labute approximate surface area is 117 Å². The van der Waals surface area contributed by atoms with Crippen LogP contribution in [-0.4, -0.2) is 9.55 Å². The van der Waals surface area contributed by atoms with Gasteiger partial charge in [0, 0.05) is 17.5 Å². The lowest BCUT2D eigenvalue weighted by molar-refractivity contribution is 0.691. The van der Waals surface area contributed by atoms with Gasteiger partial charge in [0.15, 0.2) is 0 Å². The molecule has 1 heterocycles. The van der Waals surface area contributed by atoms with E-state index >= 15 is 0 Å². The predicted molar refractivity (Wildman–Crippen MR) is 77.0 cm³/mol. The maximum atomic E-state index is 8.87. The van der Waals surface area contributed by atoms with Crippen molar-refractivity contribution >= 4 is 5.82 Å². The van der Waals surface area contributed by atoms with Crippen molar-refractivity contribution in [2.75, 3.05) is 5.73 Å². The van der Waals surface area contributed by atoms with Crippen molar-refractivity contribution < 1.29 is 0 Å². The lowest BCUT2D eigenvalue weighted by Crippen LogP contribution is -2.04. The zero-order valence-electron chi connectivity index (χ0n) is 11.2. The molecular formula is C16H16N4. The van der Waals surface area contributed by atoms with Gasteiger partial charge in [-0.1, -0.05) is 12.1 Å². The molecule has 100 valence electrons. The molecule has 2 aromatic rings. The fourth-order valence-corrected chi connectivity index (χ4v) is 2.72. The summed E-state index contributed by atoms with van der Waals surface area (Å²) in [5.41, 5.74) is 8.89. The quantitative estimate of drug-likeness (QED) is 0.925. The van der Waals surface area contributed by atoms with Gasteiger partial charge in [0.05, 0.1) is 11.6 Å². The Bertz CT molecular complexity index is 697. The van der Waals surface area contributed by atoms with E-state index < -0.39 is 0 Å². The van der Waals surface area contributed by atoms with Crippen molar-refractivity contribution in [1.29, 1.82) is 5.26 Å². The third-order valence-corrected chi connectivity index (χ3v) is 4.12. The Balaban J connectivity index is 1.80. The number of nitriles is 1. The van der Waals surface area contributed by atoms with E-state index in [1.165, 1.54) is 31.5 Å². The van der Waals surface area contributed by atoms with E-state index in [2.05, 4.69) is 10.6 Å². The number of aromatic nitrogens is 2. The minimum Gasteiger partial charge on any atom is -0.383 e. The summed E-state index contributed by atoms with van der Waals surface area (Å²) in [5, 5.41) is 8.87. The first-order valence-corrected chi connectivity index (χ1v) is 7.16. The zero-order chi connectivity index (χ0) is 13.7. The highest BCUT2D eigenvalue weighted by Crippen LogP contribution is 2.47. The van der Waals surface area contributed by atoms with Gasteiger partial charge in [-0.15, -0.1) is 0 Å². The minimum atomic E-state index is 0.560. The fourth-order valence-electron chi connectivity index (χ4n) is 2.72. The average Bonchev–Trinajstić information content (AvgIpc) is 3.37. The number of hydrogen-bond donors (Lipinski definition) is 1. The molecule has 4 heteroatoms. The van der Waals surface area contributed by atoms with Gasteiger partial charge in [0.25, 0.3) is 0 Å². The van der Waals surface area contributed by atoms with Gasteiger partial charge < -0.3 is 10.3 Å². The van der Waals surface area contributed by atoms with Crippen LogP contribution in [0.4, 0.5) is 5.82 Å². The zero-order valence-corrected chi connectivity index (χ0v) is 11.2. The number of nitrogens with two attached hydrogens (primary N) is 1. The van der Waals surface area contributed by atoms with Crippen molar-refractivity contribution in [2.45, 2.75) is 37.6 Å². The van der Waals surface area contributed by atoms with Crippen LogP contribution >= 0.6 is 0 Å². The Morgan fingerprint density at radius 3 is 2.40 bits per heavy atom. The van der Waals surface area contributed by atoms with Gasteiger partial charge in [-0.2, -0.15) is 5.26 Å². The summed E-state index contributed by atoms with van der Waals surface area (Å²) >= 11 is 0. The highest BCUT2D eigenvalue weighted by molar-refractivity contribution is 5.72. The molecule has 0 bridgehead atoms. The van der Waals surface area contributed by atoms with Crippen LogP contribution in [0.3, 0.4) is 0 Å². The Hall–Kier alpha value is -2.28. The molecule has 0 unspecified atom stereocenters. The highest BCUT2D eigenvalue weighted by Gasteiger charge is 2.36. The van der Waals surface area contributed by atoms with Gasteiger partial charge in [-0.25, -0.2) is 4.98 Å². The largest absolute Gasteiger partial charge is 0.383 e. The molecule has 4 nitrogen and oxygen atoms in total. The van der Waals surface area contributed by atoms with Crippen molar-refractivity contribution in [3.63, 3.8) is 0 Å². The number of imidazole rings is 1. The molecule has 0 aliphatic heterocycles. The topological polar surface area (TPSA) is 67.6 Å². The van der Waals surface area contributed by atoms with Crippen LogP contribution in [0.15, 0.2) is 24.3 Å². The molecule has 2 N–H and O–H groups in total. The van der Waals surface area contributed by atoms with Crippen molar-refractivity contribution in [2.24, 2.45) is 0 Å². The molecule has 2 aliphatic rings. The molecule has 1 aromatic heterocycles. The molecule has 20 heavy (non-hydrogen) atoms. The second-order valence-corrected chi connectivity index (χ2v) is 5.77. The van der Waals surface area contributed by atoms with E-state index in [4.69, 9.17) is 16.0 Å². The van der Waals surface area contributed by atoms with E-state index in [-0.39, 0.29) is 0 Å². The number of rotatable bonds is 3. The Morgan fingerprint density at radius 2 is 1.85 bits per heavy atom. The number of hydrogen-bond acceptors (Lipinski definition) is 3. The SMILES string of the molecule is N#Cc1ccc(-c2nc(C3CC3)n(C3CC3)c2N)cc1. The molecule has 0 amide bonds. The number of benzene rings is 1. The van der Waals surface area contributed by atoms with Gasteiger partial charge >= 0.3 is 0 Å². The minimum absolute atomic E-state index is 0.560. The molecule has 1 aromatic carbocycles. The summed E-state index contributed by atoms with van der Waals surface area (Å²) in [6, 6.07) is 10.2. The molecule has 2 saturated carbocycles. The lowest BCUT2D eigenvalue weighted by atomic mass is 10.1. The molecule has 0 saturated heterocycles. The maximum absolute atomic E-state index is 8.87. The van der Waals surface area contributed by atoms with Crippen LogP contribution < -0.4 is 5.73 Å². The van der Waals surface area contributed by atoms with Gasteiger partial charge in [0.2, 0.25) is 0 Å². The Morgan fingerprint density at radius 1 is 1.15 bits per heavy atom. The van der Waals surface area contributed by atoms with Crippen LogP contribution in [-0.2, 0) is 0 Å². The first kappa shape index (κ1) is 11.5. The summed E-state index contributed by atoms with van der Waals surface area (Å²) in [4.78, 5) is 4.81. The van der Waals surface area contributed by atoms with Crippen molar-refractivity contribution in [3.05, 3.63) is 35.7 Å². The molecule has 0 spiro atoms. The smallest absolute Gasteiger partial charge is 0.132 e. The summed E-state index contributed by atoms with van der Waals surface area (Å²) in [6.07, 6.45) is 4.89. The van der Waals surface area contributed by atoms with E-state index in [9.17, 15) is 0 Å². The van der Waals surface area contributed by atoms with Gasteiger partial charge in [-0.05, 0) is 37.8 Å². The summed E-state index contributed by atoms with van der Waals surface area (Å²) < 4.78 is 2.26. The number of nitrogens with zero attached hydrogens (tertiary/aromatic N) is 3. The standard InChI is InChI=1S/C16H16N4/c17-9-10-1-3-11(4-2-10)14-15(18)20(13-7-8-13)16(19-14)12-5-6-12/h1-4,12-13H,5-8,18H2. The van der Waals surface area contributed by atoms with Crippen molar-refractivity contribution in [3.8, 4) is 17.3 Å². The van der Waals surface area contributed by atoms with Crippen LogP contribution in [0.5, 0.6) is 0 Å². The number of anilines is 1. The second kappa shape index (κ2) is 4.11. The predicted octanol–water partition coefficient (Wildman–Crippen LogP) is 3.22. The van der Waals surface area contributed by atoms with E-state index in [1.54, 1.807) is 0 Å². The lowest BCUT2D eigenvalue weighted by Gasteiger charge is -2.07. The summed E-state index contributed by atoms with van der Waals surface area (Å²) in [7, 11) is 0. The normalized spacial score (nSPS) is 17.9. The first-order valence-electron chi connectivity index (χ1n) is 7.16. The molecule has 2 aliphatic carbocycles. The van der Waals surface area contributed by atoms with Crippen LogP contribution in [0, 0.1) is 11.3 Å². The van der Waals surface area contributed by atoms with E-state index in [0.29, 0.717) is 17.5 Å². The summed E-state index contributed by atoms with van der Waals surface area (Å²) in [5.74, 6) is 2.56. The maximum Gasteiger partial charge on any atom is 0.132 e. The Kier molecular flexibility index (Phi) is 2.37. The second-order valence-electron chi connectivity index (χ2n) is 5.77. The highest BCUT2D eigenvalue weighted by atomic mass is 15.2. The van der Waals surface area contributed by atoms with Crippen LogP contribution in [0.1, 0.15) is 49.0 Å². The van der Waals surface area contributed by atoms with Crippen LogP contribution in [0.2, 0.25) is 0 Å². The van der Waals surface area contributed by atoms with Gasteiger partial charge in [0.1, 0.15) is 17.3 Å². The third kappa shape index (κ3) is 1.78. The molecular weight excluding hydrogens is 248 g/mol. The molecule has 0 radical (unpaired) electrons. The summed E-state index contributed by atoms with van der Waals surface area (Å²) in [6.45, 7) is 0. The molecule has 2 fully saturated rings. The average molecular weight is 264 g/mol. The fraction of sp³-hybridized carbons (Fsp3) is 0.375. The van der Waals surface area contributed by atoms with Crippen molar-refractivity contribution in [1.82, 2.24) is 9.55 Å². The third-order valence-electron chi connectivity index (χ3n) is 4.12. The monoisotopic (exact) mass is 264 g/mol. The molecule has 0 atom stereocenters. The molecule has 4 rings (SSSR count). The van der Waals surface area contributed by atoms with E-state index in [1.807, 2.05) is 24.3 Å². The first-order chi connectivity index (χ1) is 9.78. The van der Waals surface area contributed by atoms with E-state index in [0.717, 1.165) is 17.1 Å². The van der Waals surface area contributed by atoms with Crippen LogP contribution in [0.25, 0.3) is 11.3 Å². The van der Waals surface area contributed by atoms with Gasteiger partial charge in [-0.3, -0.25) is 0 Å².